The normalized spacial score (nSPS) is 19.8. The van der Waals surface area contributed by atoms with Gasteiger partial charge in [-0.15, -0.1) is 0 Å². The zero-order valence-electron chi connectivity index (χ0n) is 8.05. The maximum Gasteiger partial charge on any atom is 0.0476 e. The predicted octanol–water partition coefficient (Wildman–Crippen LogP) is 3.09. The molecule has 0 unspecified atom stereocenters. The van der Waals surface area contributed by atoms with Crippen molar-refractivity contribution in [1.29, 1.82) is 0 Å². The molecule has 0 atom stereocenters. The minimum Gasteiger partial charge on any atom is -0.381 e. The van der Waals surface area contributed by atoms with Crippen LogP contribution in [0.2, 0.25) is 0 Å². The van der Waals surface area contributed by atoms with Crippen molar-refractivity contribution in [1.82, 2.24) is 0 Å². The predicted molar refractivity (Wildman–Crippen MR) is 55.8 cm³/mol. The van der Waals surface area contributed by atoms with Gasteiger partial charge >= 0.3 is 0 Å². The van der Waals surface area contributed by atoms with Crippen molar-refractivity contribution in [2.45, 2.75) is 44.3 Å². The molecule has 72 valence electrons. The monoisotopic (exact) mass is 188 g/mol. The van der Waals surface area contributed by atoms with Gasteiger partial charge in [0.1, 0.15) is 0 Å². The van der Waals surface area contributed by atoms with E-state index in [4.69, 9.17) is 4.74 Å². The second-order valence-electron chi connectivity index (χ2n) is 3.39. The van der Waals surface area contributed by atoms with Crippen molar-refractivity contribution >= 4 is 11.8 Å². The lowest BCUT2D eigenvalue weighted by atomic mass is 10.2. The average Bonchev–Trinajstić information content (AvgIpc) is 2.14. The van der Waals surface area contributed by atoms with Gasteiger partial charge in [-0.25, -0.2) is 0 Å². The summed E-state index contributed by atoms with van der Waals surface area (Å²) in [6.45, 7) is 4.25. The highest BCUT2D eigenvalue weighted by Gasteiger charge is 2.12. The number of hydrogen-bond acceptors (Lipinski definition) is 2. The third-order valence-corrected chi connectivity index (χ3v) is 3.74. The Labute approximate surface area is 80.3 Å². The van der Waals surface area contributed by atoms with Crippen LogP contribution in [0.3, 0.4) is 0 Å². The van der Waals surface area contributed by atoms with Gasteiger partial charge in [0.25, 0.3) is 0 Å². The summed E-state index contributed by atoms with van der Waals surface area (Å²) >= 11 is 2.16. The largest absolute Gasteiger partial charge is 0.381 e. The Morgan fingerprint density at radius 3 is 2.67 bits per heavy atom. The molecule has 1 fully saturated rings. The van der Waals surface area contributed by atoms with E-state index >= 15 is 0 Å². The van der Waals surface area contributed by atoms with Gasteiger partial charge in [-0.1, -0.05) is 19.8 Å². The highest BCUT2D eigenvalue weighted by Crippen LogP contribution is 2.22. The molecule has 12 heavy (non-hydrogen) atoms. The van der Waals surface area contributed by atoms with Crippen LogP contribution in [0.5, 0.6) is 0 Å². The molecule has 0 radical (unpaired) electrons. The Balaban J connectivity index is 1.91. The van der Waals surface area contributed by atoms with Gasteiger partial charge in [-0.3, -0.25) is 0 Å². The topological polar surface area (TPSA) is 9.23 Å². The fourth-order valence-electron chi connectivity index (χ4n) is 1.44. The molecule has 0 amide bonds. The van der Waals surface area contributed by atoms with E-state index in [2.05, 4.69) is 18.7 Å². The summed E-state index contributed by atoms with van der Waals surface area (Å²) in [5, 5.41) is 0.899. The number of hydrogen-bond donors (Lipinski definition) is 0. The first kappa shape index (κ1) is 10.4. The fraction of sp³-hybridized carbons (Fsp3) is 1.00. The van der Waals surface area contributed by atoms with E-state index in [9.17, 15) is 0 Å². The maximum absolute atomic E-state index is 5.31. The van der Waals surface area contributed by atoms with Crippen LogP contribution >= 0.6 is 11.8 Å². The summed E-state index contributed by atoms with van der Waals surface area (Å²) in [4.78, 5) is 0. The van der Waals surface area contributed by atoms with Crippen LogP contribution in [0.25, 0.3) is 0 Å². The van der Waals surface area contributed by atoms with Crippen molar-refractivity contribution in [3.05, 3.63) is 0 Å². The zero-order chi connectivity index (χ0) is 8.65. The Kier molecular flexibility index (Phi) is 5.88. The minimum absolute atomic E-state index is 0.899. The van der Waals surface area contributed by atoms with Crippen LogP contribution in [0.1, 0.15) is 39.0 Å². The summed E-state index contributed by atoms with van der Waals surface area (Å²) in [7, 11) is 0. The van der Waals surface area contributed by atoms with E-state index in [1.54, 1.807) is 0 Å². The number of thioether (sulfide) groups is 1. The van der Waals surface area contributed by atoms with Gasteiger partial charge in [-0.2, -0.15) is 11.8 Å². The molecule has 0 saturated carbocycles. The summed E-state index contributed by atoms with van der Waals surface area (Å²) in [5.74, 6) is 1.36. The van der Waals surface area contributed by atoms with E-state index in [0.717, 1.165) is 18.5 Å². The van der Waals surface area contributed by atoms with Gasteiger partial charge < -0.3 is 4.74 Å². The Morgan fingerprint density at radius 1 is 1.25 bits per heavy atom. The first-order valence-electron chi connectivity index (χ1n) is 5.13. The minimum atomic E-state index is 0.899. The van der Waals surface area contributed by atoms with Crippen LogP contribution in [0.15, 0.2) is 0 Å². The maximum atomic E-state index is 5.31. The zero-order valence-corrected chi connectivity index (χ0v) is 8.87. The van der Waals surface area contributed by atoms with Crippen LogP contribution in [-0.2, 0) is 4.74 Å². The standard InChI is InChI=1S/C10H20OS/c1-2-3-4-9-12-10-5-7-11-8-6-10/h10H,2-9H2,1H3. The van der Waals surface area contributed by atoms with Crippen molar-refractivity contribution in [2.24, 2.45) is 0 Å². The van der Waals surface area contributed by atoms with Gasteiger partial charge in [0, 0.05) is 18.5 Å². The molecule has 0 bridgehead atoms. The lowest BCUT2D eigenvalue weighted by molar-refractivity contribution is 0.100. The lowest BCUT2D eigenvalue weighted by Gasteiger charge is -2.21. The van der Waals surface area contributed by atoms with E-state index in [1.807, 2.05) is 0 Å². The quantitative estimate of drug-likeness (QED) is 0.613. The molecule has 0 aliphatic carbocycles. The van der Waals surface area contributed by atoms with Crippen molar-refractivity contribution < 1.29 is 4.74 Å². The van der Waals surface area contributed by atoms with Crippen LogP contribution in [0.4, 0.5) is 0 Å². The molecular formula is C10H20OS. The van der Waals surface area contributed by atoms with E-state index in [0.29, 0.717) is 0 Å². The second-order valence-corrected chi connectivity index (χ2v) is 4.80. The molecule has 1 aliphatic rings. The molecule has 1 nitrogen and oxygen atoms in total. The summed E-state index contributed by atoms with van der Waals surface area (Å²) in [6.07, 6.45) is 6.69. The second kappa shape index (κ2) is 6.79. The highest BCUT2D eigenvalue weighted by molar-refractivity contribution is 7.99. The number of unbranched alkanes of at least 4 members (excludes halogenated alkanes) is 2. The molecule has 1 rings (SSSR count). The van der Waals surface area contributed by atoms with Crippen molar-refractivity contribution in [2.75, 3.05) is 19.0 Å². The summed E-state index contributed by atoms with van der Waals surface area (Å²) < 4.78 is 5.31. The average molecular weight is 188 g/mol. The summed E-state index contributed by atoms with van der Waals surface area (Å²) in [5.41, 5.74) is 0. The smallest absolute Gasteiger partial charge is 0.0476 e. The van der Waals surface area contributed by atoms with Crippen LogP contribution in [0, 0.1) is 0 Å². The third kappa shape index (κ3) is 4.36. The molecule has 0 spiro atoms. The molecule has 0 aromatic carbocycles. The molecule has 0 N–H and O–H groups in total. The molecular weight excluding hydrogens is 168 g/mol. The molecule has 1 saturated heterocycles. The number of ether oxygens (including phenoxy) is 1. The van der Waals surface area contributed by atoms with Gasteiger partial charge in [0.2, 0.25) is 0 Å². The van der Waals surface area contributed by atoms with Crippen LogP contribution in [-0.4, -0.2) is 24.2 Å². The van der Waals surface area contributed by atoms with Crippen molar-refractivity contribution in [3.63, 3.8) is 0 Å². The molecule has 0 aromatic heterocycles. The van der Waals surface area contributed by atoms with Crippen LogP contribution < -0.4 is 0 Å². The lowest BCUT2D eigenvalue weighted by Crippen LogP contribution is -2.17. The highest BCUT2D eigenvalue weighted by atomic mass is 32.2. The van der Waals surface area contributed by atoms with Gasteiger partial charge in [0.05, 0.1) is 0 Å². The van der Waals surface area contributed by atoms with E-state index in [1.165, 1.54) is 37.9 Å². The Morgan fingerprint density at radius 2 is 2.00 bits per heavy atom. The Hall–Kier alpha value is 0.310. The molecule has 1 heterocycles. The third-order valence-electron chi connectivity index (χ3n) is 2.27. The molecule has 0 aromatic rings. The molecule has 1 aliphatic heterocycles. The Bertz CT molecular complexity index is 100. The van der Waals surface area contributed by atoms with Crippen molar-refractivity contribution in [3.8, 4) is 0 Å². The van der Waals surface area contributed by atoms with E-state index < -0.39 is 0 Å². The van der Waals surface area contributed by atoms with Gasteiger partial charge in [-0.05, 0) is 25.0 Å². The summed E-state index contributed by atoms with van der Waals surface area (Å²) in [6, 6.07) is 0. The molecule has 2 heteroatoms. The number of rotatable bonds is 5. The van der Waals surface area contributed by atoms with Gasteiger partial charge in [0.15, 0.2) is 0 Å². The fourth-order valence-corrected chi connectivity index (χ4v) is 2.67. The SMILES string of the molecule is CCCCCSC1CCOCC1. The first-order chi connectivity index (χ1) is 5.93. The van der Waals surface area contributed by atoms with E-state index in [-0.39, 0.29) is 0 Å². The first-order valence-corrected chi connectivity index (χ1v) is 6.17.